The summed E-state index contributed by atoms with van der Waals surface area (Å²) in [4.78, 5) is 11.0. The summed E-state index contributed by atoms with van der Waals surface area (Å²) in [7, 11) is 0. The largest absolute Gasteiger partial charge is 0.300 e. The molecule has 0 radical (unpaired) electrons. The molecule has 0 N–H and O–H groups in total. The number of hydrogen-bond donors (Lipinski definition) is 0. The van der Waals surface area contributed by atoms with Crippen molar-refractivity contribution in [3.63, 3.8) is 0 Å². The normalized spacial score (nSPS) is 14.5. The van der Waals surface area contributed by atoms with Crippen LogP contribution in [0, 0.1) is 0 Å². The molecule has 5 heteroatoms. The SMILES string of the molecule is CC(=O)CC1=NN=C(c2cc(Cl)cc(Cl)c2)C1. The van der Waals surface area contributed by atoms with Crippen molar-refractivity contribution in [2.45, 2.75) is 19.8 Å². The van der Waals surface area contributed by atoms with Gasteiger partial charge in [0.05, 0.1) is 11.4 Å². The number of benzene rings is 1. The van der Waals surface area contributed by atoms with Crippen molar-refractivity contribution in [1.82, 2.24) is 0 Å². The van der Waals surface area contributed by atoms with Gasteiger partial charge in [-0.15, -0.1) is 0 Å². The van der Waals surface area contributed by atoms with E-state index in [0.717, 1.165) is 17.0 Å². The highest BCUT2D eigenvalue weighted by Gasteiger charge is 2.16. The summed E-state index contributed by atoms with van der Waals surface area (Å²) in [5.41, 5.74) is 2.43. The van der Waals surface area contributed by atoms with Gasteiger partial charge in [-0.1, -0.05) is 23.2 Å². The molecule has 0 saturated carbocycles. The van der Waals surface area contributed by atoms with Gasteiger partial charge in [0.25, 0.3) is 0 Å². The first kappa shape index (κ1) is 12.3. The van der Waals surface area contributed by atoms with Crippen molar-refractivity contribution < 1.29 is 4.79 Å². The Morgan fingerprint density at radius 2 is 1.88 bits per heavy atom. The minimum Gasteiger partial charge on any atom is -0.300 e. The van der Waals surface area contributed by atoms with Crippen molar-refractivity contribution in [3.05, 3.63) is 33.8 Å². The second-order valence-electron chi connectivity index (χ2n) is 3.93. The van der Waals surface area contributed by atoms with E-state index in [1.54, 1.807) is 18.2 Å². The number of carbonyl (C=O) groups excluding carboxylic acids is 1. The molecule has 0 aromatic heterocycles. The molecule has 0 bridgehead atoms. The Balaban J connectivity index is 2.14. The second kappa shape index (κ2) is 4.98. The molecule has 1 aliphatic heterocycles. The highest BCUT2D eigenvalue weighted by Crippen LogP contribution is 2.22. The van der Waals surface area contributed by atoms with Gasteiger partial charge in [0.1, 0.15) is 5.78 Å². The highest BCUT2D eigenvalue weighted by molar-refractivity contribution is 6.35. The molecule has 1 aromatic rings. The molecule has 17 heavy (non-hydrogen) atoms. The van der Waals surface area contributed by atoms with Crippen LogP contribution in [0.2, 0.25) is 10.0 Å². The fourth-order valence-corrected chi connectivity index (χ4v) is 2.19. The summed E-state index contributed by atoms with van der Waals surface area (Å²) in [6, 6.07) is 5.25. The zero-order valence-electron chi connectivity index (χ0n) is 9.20. The molecule has 1 heterocycles. The summed E-state index contributed by atoms with van der Waals surface area (Å²) in [5.74, 6) is 0.0873. The molecule has 0 unspecified atom stereocenters. The van der Waals surface area contributed by atoms with E-state index in [4.69, 9.17) is 23.2 Å². The van der Waals surface area contributed by atoms with Crippen LogP contribution in [0.4, 0.5) is 0 Å². The molecule has 0 spiro atoms. The minimum atomic E-state index is 0.0873. The third-order valence-electron chi connectivity index (χ3n) is 2.33. The first-order chi connectivity index (χ1) is 8.04. The summed E-state index contributed by atoms with van der Waals surface area (Å²) >= 11 is 11.8. The Morgan fingerprint density at radius 3 is 2.47 bits per heavy atom. The van der Waals surface area contributed by atoms with Crippen LogP contribution in [0.15, 0.2) is 28.4 Å². The summed E-state index contributed by atoms with van der Waals surface area (Å²) in [5, 5.41) is 9.18. The van der Waals surface area contributed by atoms with Crippen LogP contribution in [-0.4, -0.2) is 17.2 Å². The van der Waals surface area contributed by atoms with E-state index in [2.05, 4.69) is 10.2 Å². The lowest BCUT2D eigenvalue weighted by atomic mass is 10.0. The maximum absolute atomic E-state index is 11.0. The van der Waals surface area contributed by atoms with Gasteiger partial charge in [-0.2, -0.15) is 10.2 Å². The molecule has 0 atom stereocenters. The van der Waals surface area contributed by atoms with E-state index in [9.17, 15) is 4.79 Å². The lowest BCUT2D eigenvalue weighted by Crippen LogP contribution is -2.07. The van der Waals surface area contributed by atoms with E-state index < -0.39 is 0 Å². The predicted molar refractivity (Wildman–Crippen MR) is 70.3 cm³/mol. The van der Waals surface area contributed by atoms with E-state index in [0.29, 0.717) is 22.9 Å². The van der Waals surface area contributed by atoms with Crippen molar-refractivity contribution in [3.8, 4) is 0 Å². The number of hydrogen-bond acceptors (Lipinski definition) is 3. The van der Waals surface area contributed by atoms with Gasteiger partial charge in [0.2, 0.25) is 0 Å². The fourth-order valence-electron chi connectivity index (χ4n) is 1.66. The topological polar surface area (TPSA) is 41.8 Å². The fraction of sp³-hybridized carbons (Fsp3) is 0.250. The van der Waals surface area contributed by atoms with E-state index in [1.807, 2.05) is 0 Å². The van der Waals surface area contributed by atoms with Crippen LogP contribution in [0.5, 0.6) is 0 Å². The Bertz CT molecular complexity index is 515. The minimum absolute atomic E-state index is 0.0873. The Hall–Kier alpha value is -1.19. The molecule has 1 aliphatic rings. The molecular formula is C12H10Cl2N2O. The average Bonchev–Trinajstić information content (AvgIpc) is 2.63. The first-order valence-corrected chi connectivity index (χ1v) is 5.88. The van der Waals surface area contributed by atoms with Crippen molar-refractivity contribution in [1.29, 1.82) is 0 Å². The molecule has 3 nitrogen and oxygen atoms in total. The van der Waals surface area contributed by atoms with Crippen molar-refractivity contribution >= 4 is 40.4 Å². The lowest BCUT2D eigenvalue weighted by Gasteiger charge is -2.02. The van der Waals surface area contributed by atoms with Gasteiger partial charge in [-0.05, 0) is 25.1 Å². The van der Waals surface area contributed by atoms with E-state index in [-0.39, 0.29) is 5.78 Å². The molecule has 1 aromatic carbocycles. The lowest BCUT2D eigenvalue weighted by molar-refractivity contribution is -0.115. The zero-order valence-corrected chi connectivity index (χ0v) is 10.7. The van der Waals surface area contributed by atoms with Gasteiger partial charge < -0.3 is 0 Å². The summed E-state index contributed by atoms with van der Waals surface area (Å²) in [6.45, 7) is 1.54. The third-order valence-corrected chi connectivity index (χ3v) is 2.77. The molecule has 0 amide bonds. The van der Waals surface area contributed by atoms with Crippen LogP contribution >= 0.6 is 23.2 Å². The standard InChI is InChI=1S/C12H10Cl2N2O/c1-7(17)2-11-6-12(16-15-11)8-3-9(13)5-10(14)4-8/h3-5H,2,6H2,1H3. The smallest absolute Gasteiger partial charge is 0.135 e. The first-order valence-electron chi connectivity index (χ1n) is 5.13. The maximum atomic E-state index is 11.0. The van der Waals surface area contributed by atoms with Crippen molar-refractivity contribution in [2.75, 3.05) is 0 Å². The Morgan fingerprint density at radius 1 is 1.24 bits per heavy atom. The number of halogens is 2. The molecule has 0 aliphatic carbocycles. The number of Topliss-reactive ketones (excluding diaryl/α,β-unsaturated/α-hetero) is 1. The Kier molecular flexibility index (Phi) is 3.60. The monoisotopic (exact) mass is 268 g/mol. The van der Waals surface area contributed by atoms with E-state index in [1.165, 1.54) is 6.92 Å². The average molecular weight is 269 g/mol. The van der Waals surface area contributed by atoms with Crippen LogP contribution in [-0.2, 0) is 4.79 Å². The number of ketones is 1. The van der Waals surface area contributed by atoms with Crippen LogP contribution in [0.25, 0.3) is 0 Å². The highest BCUT2D eigenvalue weighted by atomic mass is 35.5. The van der Waals surface area contributed by atoms with Crippen LogP contribution < -0.4 is 0 Å². The third kappa shape index (κ3) is 3.14. The zero-order chi connectivity index (χ0) is 12.4. The van der Waals surface area contributed by atoms with Gasteiger partial charge >= 0.3 is 0 Å². The summed E-state index contributed by atoms with van der Waals surface area (Å²) in [6.07, 6.45) is 0.928. The second-order valence-corrected chi connectivity index (χ2v) is 4.80. The quantitative estimate of drug-likeness (QED) is 0.827. The van der Waals surface area contributed by atoms with Gasteiger partial charge in [-0.25, -0.2) is 0 Å². The molecule has 2 rings (SSSR count). The Labute approximate surface area is 109 Å². The number of carbonyl (C=O) groups is 1. The number of rotatable bonds is 3. The van der Waals surface area contributed by atoms with Crippen LogP contribution in [0.3, 0.4) is 0 Å². The maximum Gasteiger partial charge on any atom is 0.135 e. The van der Waals surface area contributed by atoms with E-state index >= 15 is 0 Å². The van der Waals surface area contributed by atoms with Gasteiger partial charge in [0, 0.05) is 28.5 Å². The molecular weight excluding hydrogens is 259 g/mol. The number of nitrogens with zero attached hydrogens (tertiary/aromatic N) is 2. The summed E-state index contributed by atoms with van der Waals surface area (Å²) < 4.78 is 0. The predicted octanol–water partition coefficient (Wildman–Crippen LogP) is 3.52. The van der Waals surface area contributed by atoms with Crippen molar-refractivity contribution in [2.24, 2.45) is 10.2 Å². The molecule has 88 valence electrons. The van der Waals surface area contributed by atoms with Gasteiger partial charge in [-0.3, -0.25) is 4.79 Å². The molecule has 0 fully saturated rings. The molecule has 0 saturated heterocycles. The van der Waals surface area contributed by atoms with Crippen LogP contribution in [0.1, 0.15) is 25.3 Å². The van der Waals surface area contributed by atoms with Gasteiger partial charge in [0.15, 0.2) is 0 Å².